The molecule has 1 aromatic heterocycles. The van der Waals surface area contributed by atoms with E-state index in [4.69, 9.17) is 10.8 Å². The minimum Gasteiger partial charge on any atom is -0.328 e. The van der Waals surface area contributed by atoms with E-state index >= 15 is 0 Å². The highest BCUT2D eigenvalue weighted by Gasteiger charge is 2.22. The van der Waals surface area contributed by atoms with Crippen LogP contribution < -0.4 is 16.2 Å². The molecule has 0 amide bonds. The number of allylic oxidation sites excluding steroid dienone is 5. The molecule has 0 saturated heterocycles. The van der Waals surface area contributed by atoms with Crippen molar-refractivity contribution in [3.63, 3.8) is 0 Å². The molecule has 204 valence electrons. The van der Waals surface area contributed by atoms with Crippen molar-refractivity contribution >= 4 is 17.6 Å². The molecule has 3 aromatic rings. The first-order chi connectivity index (χ1) is 19.2. The molecule has 0 aliphatic heterocycles. The molecule has 0 spiro atoms. The zero-order valence-corrected chi connectivity index (χ0v) is 24.2. The third-order valence-corrected chi connectivity index (χ3v) is 7.61. The van der Waals surface area contributed by atoms with Gasteiger partial charge in [-0.1, -0.05) is 30.7 Å². The van der Waals surface area contributed by atoms with Gasteiger partial charge in [-0.15, -0.1) is 5.73 Å². The maximum atomic E-state index is 13.5. The van der Waals surface area contributed by atoms with Gasteiger partial charge in [0.25, 0.3) is 0 Å². The Morgan fingerprint density at radius 3 is 2.75 bits per heavy atom. The van der Waals surface area contributed by atoms with Crippen LogP contribution in [0.25, 0.3) is 28.8 Å². The Kier molecular flexibility index (Phi) is 9.17. The summed E-state index contributed by atoms with van der Waals surface area (Å²) in [5, 5.41) is 16.4. The topological polar surface area (TPSA) is 84.7 Å². The second-order valence-electron chi connectivity index (χ2n) is 10.6. The van der Waals surface area contributed by atoms with Crippen molar-refractivity contribution in [1.82, 2.24) is 9.78 Å². The van der Waals surface area contributed by atoms with Crippen LogP contribution in [-0.2, 0) is 0 Å². The Hall–Kier alpha value is -4.23. The number of nitrogens with zero attached hydrogens (tertiary/aromatic N) is 3. The number of fused-ring (bicyclic) bond motifs is 1. The van der Waals surface area contributed by atoms with E-state index in [1.807, 2.05) is 44.5 Å². The van der Waals surface area contributed by atoms with Gasteiger partial charge in [0, 0.05) is 22.4 Å². The quantitative estimate of drug-likeness (QED) is 0.266. The molecule has 1 atom stereocenters. The lowest BCUT2D eigenvalue weighted by Gasteiger charge is -2.10. The van der Waals surface area contributed by atoms with Crippen molar-refractivity contribution in [3.05, 3.63) is 98.6 Å². The van der Waals surface area contributed by atoms with E-state index in [9.17, 15) is 10.1 Å². The van der Waals surface area contributed by atoms with E-state index in [1.54, 1.807) is 12.1 Å². The van der Waals surface area contributed by atoms with Gasteiger partial charge in [-0.05, 0) is 119 Å². The third-order valence-electron chi connectivity index (χ3n) is 7.61. The second-order valence-corrected chi connectivity index (χ2v) is 10.6. The lowest BCUT2D eigenvalue weighted by molar-refractivity contribution is 0.104. The van der Waals surface area contributed by atoms with Crippen LogP contribution in [0, 0.1) is 25.2 Å². The predicted octanol–water partition coefficient (Wildman–Crippen LogP) is 6.13. The van der Waals surface area contributed by atoms with E-state index < -0.39 is 0 Å². The van der Waals surface area contributed by atoms with Crippen molar-refractivity contribution in [1.29, 1.82) is 5.26 Å². The summed E-state index contributed by atoms with van der Waals surface area (Å²) in [6.07, 6.45) is 12.6. The maximum absolute atomic E-state index is 13.5. The van der Waals surface area contributed by atoms with Gasteiger partial charge in [0.2, 0.25) is 5.78 Å². The van der Waals surface area contributed by atoms with Crippen molar-refractivity contribution in [2.45, 2.75) is 72.8 Å². The molecular weight excluding hydrogens is 492 g/mol. The molecule has 1 heterocycles. The lowest BCUT2D eigenvalue weighted by atomic mass is 10.0. The number of ketones is 1. The van der Waals surface area contributed by atoms with Crippen LogP contribution in [0.5, 0.6) is 0 Å². The number of nitriles is 1. The maximum Gasteiger partial charge on any atom is 0.206 e. The molecule has 1 unspecified atom stereocenters. The Labute approximate surface area is 237 Å². The summed E-state index contributed by atoms with van der Waals surface area (Å²) < 4.78 is 1.84. The number of rotatable bonds is 9. The molecule has 4 rings (SSSR count). The van der Waals surface area contributed by atoms with Gasteiger partial charge in [0.05, 0.1) is 23.0 Å². The molecule has 1 aliphatic rings. The standard InChI is InChI=1S/C35H38N4O/c1-6-26-11-9-12-27-14-15-28(21-30(27)20-26)35-25(5)34(33(40)18-23(3)10-8-13-31(37)7-2)38-39(35)32-17-16-29(22-36)24(4)19-32/h6,9,14-21,31H,7-8,10-11,13,37H2,1-5H3. The van der Waals surface area contributed by atoms with Crippen LogP contribution in [-0.4, -0.2) is 21.6 Å². The largest absolute Gasteiger partial charge is 0.328 e. The average molecular weight is 531 g/mol. The van der Waals surface area contributed by atoms with E-state index in [0.717, 1.165) is 76.2 Å². The summed E-state index contributed by atoms with van der Waals surface area (Å²) in [6.45, 7) is 10.0. The highest BCUT2D eigenvalue weighted by Crippen LogP contribution is 2.29. The minimum atomic E-state index is -0.103. The van der Waals surface area contributed by atoms with Crippen LogP contribution in [0.4, 0.5) is 0 Å². The van der Waals surface area contributed by atoms with E-state index in [-0.39, 0.29) is 11.8 Å². The van der Waals surface area contributed by atoms with E-state index in [0.29, 0.717) is 11.3 Å². The van der Waals surface area contributed by atoms with Crippen molar-refractivity contribution in [3.8, 4) is 23.0 Å². The molecule has 0 saturated carbocycles. The number of carbonyl (C=O) groups is 1. The monoisotopic (exact) mass is 530 g/mol. The summed E-state index contributed by atoms with van der Waals surface area (Å²) in [5.74, 6) is -0.103. The number of aromatic nitrogens is 2. The first-order valence-corrected chi connectivity index (χ1v) is 14.1. The van der Waals surface area contributed by atoms with Gasteiger partial charge in [-0.3, -0.25) is 4.79 Å². The Morgan fingerprint density at radius 2 is 2.05 bits per heavy atom. The Morgan fingerprint density at radius 1 is 1.25 bits per heavy atom. The first kappa shape index (κ1) is 28.8. The zero-order valence-electron chi connectivity index (χ0n) is 24.2. The molecule has 0 fully saturated rings. The van der Waals surface area contributed by atoms with E-state index in [2.05, 4.69) is 55.2 Å². The number of hydrogen-bond acceptors (Lipinski definition) is 4. The van der Waals surface area contributed by atoms with Gasteiger partial charge >= 0.3 is 0 Å². The lowest BCUT2D eigenvalue weighted by Crippen LogP contribution is -2.23. The van der Waals surface area contributed by atoms with Gasteiger partial charge in [0.15, 0.2) is 0 Å². The molecule has 1 aliphatic carbocycles. The molecule has 2 N–H and O–H groups in total. The third kappa shape index (κ3) is 6.32. The van der Waals surface area contributed by atoms with Crippen LogP contribution in [0.2, 0.25) is 0 Å². The number of hydrogen-bond donors (Lipinski definition) is 1. The molecule has 40 heavy (non-hydrogen) atoms. The van der Waals surface area contributed by atoms with Gasteiger partial charge in [0.1, 0.15) is 5.69 Å². The Bertz CT molecular complexity index is 1700. The van der Waals surface area contributed by atoms with Crippen molar-refractivity contribution in [2.24, 2.45) is 5.73 Å². The normalized spacial score (nSPS) is 14.6. The Balaban J connectivity index is 1.84. The highest BCUT2D eigenvalue weighted by molar-refractivity contribution is 6.05. The summed E-state index contributed by atoms with van der Waals surface area (Å²) in [7, 11) is 0. The highest BCUT2D eigenvalue weighted by atomic mass is 16.1. The fraction of sp³-hybridized carbons (Fsp3) is 0.314. The molecule has 0 radical (unpaired) electrons. The fourth-order valence-electron chi connectivity index (χ4n) is 5.07. The van der Waals surface area contributed by atoms with Gasteiger partial charge in [-0.25, -0.2) is 4.68 Å². The average Bonchev–Trinajstić information content (AvgIpc) is 3.15. The number of carbonyl (C=O) groups excluding carboxylic acids is 1. The van der Waals surface area contributed by atoms with Crippen molar-refractivity contribution in [2.75, 3.05) is 0 Å². The van der Waals surface area contributed by atoms with Crippen molar-refractivity contribution < 1.29 is 4.79 Å². The van der Waals surface area contributed by atoms with Crippen LogP contribution >= 0.6 is 0 Å². The second kappa shape index (κ2) is 12.7. The molecule has 5 nitrogen and oxygen atoms in total. The van der Waals surface area contributed by atoms with E-state index in [1.165, 1.54) is 5.57 Å². The van der Waals surface area contributed by atoms with Crippen LogP contribution in [0.1, 0.15) is 80.1 Å². The molecule has 2 aromatic carbocycles. The van der Waals surface area contributed by atoms with Crippen LogP contribution in [0.15, 0.2) is 65.8 Å². The summed E-state index contributed by atoms with van der Waals surface area (Å²) in [4.78, 5) is 13.5. The predicted molar refractivity (Wildman–Crippen MR) is 163 cm³/mol. The van der Waals surface area contributed by atoms with Gasteiger partial charge in [-0.2, -0.15) is 10.4 Å². The SMILES string of the molecule is CC=C1C=c2cc(-c3c(C)c(C(=O)C=C(C)CCCC(N)CC)nn3-c3ccc(C#N)c(C)c3)ccc2=C=CC1. The number of nitrogens with two attached hydrogens (primary N) is 1. The number of aryl methyl sites for hydroxylation is 1. The number of benzene rings is 2. The molecular formula is C35H38N4O. The molecule has 0 bridgehead atoms. The summed E-state index contributed by atoms with van der Waals surface area (Å²) in [6, 6.07) is 14.4. The minimum absolute atomic E-state index is 0.103. The summed E-state index contributed by atoms with van der Waals surface area (Å²) >= 11 is 0. The smallest absolute Gasteiger partial charge is 0.206 e. The fourth-order valence-corrected chi connectivity index (χ4v) is 5.07. The van der Waals surface area contributed by atoms with Gasteiger partial charge < -0.3 is 5.73 Å². The summed E-state index contributed by atoms with van der Waals surface area (Å²) in [5.41, 5.74) is 17.1. The molecule has 5 heteroatoms. The van der Waals surface area contributed by atoms with Crippen LogP contribution in [0.3, 0.4) is 0 Å². The zero-order chi connectivity index (χ0) is 28.8. The first-order valence-electron chi connectivity index (χ1n) is 14.1.